The number of hydrogen-bond acceptors (Lipinski definition) is 4. The van der Waals surface area contributed by atoms with Gasteiger partial charge in [0.25, 0.3) is 0 Å². The molecule has 2 fully saturated rings. The topological polar surface area (TPSA) is 67.9 Å². The van der Waals surface area contributed by atoms with Crippen molar-refractivity contribution >= 4 is 12.2 Å². The lowest BCUT2D eigenvalue weighted by Gasteiger charge is -2.41. The summed E-state index contributed by atoms with van der Waals surface area (Å²) >= 11 is 0. The fraction of sp³-hybridized carbons (Fsp3) is 0.652. The lowest BCUT2D eigenvalue weighted by molar-refractivity contribution is 0.0360. The molecule has 1 aliphatic carbocycles. The summed E-state index contributed by atoms with van der Waals surface area (Å²) in [5.41, 5.74) is 0.417. The first-order valence-electron chi connectivity index (χ1n) is 10.8. The molecule has 0 spiro atoms. The Hall–Kier alpha value is -2.24. The van der Waals surface area contributed by atoms with Gasteiger partial charge in [-0.3, -0.25) is 0 Å². The second-order valence-corrected chi connectivity index (χ2v) is 9.32. The van der Waals surface area contributed by atoms with Gasteiger partial charge in [0.15, 0.2) is 0 Å². The number of hydrogen-bond donors (Lipinski definition) is 1. The molecule has 1 N–H and O–H groups in total. The molecule has 1 heterocycles. The molecule has 6 heteroatoms. The molecule has 0 bridgehead atoms. The van der Waals surface area contributed by atoms with Crippen LogP contribution in [0.25, 0.3) is 0 Å². The second kappa shape index (κ2) is 9.51. The number of nitrogens with zero attached hydrogens (tertiary/aromatic N) is 1. The van der Waals surface area contributed by atoms with Crippen molar-refractivity contribution in [3.05, 3.63) is 35.9 Å². The van der Waals surface area contributed by atoms with Crippen molar-refractivity contribution < 1.29 is 19.1 Å². The molecule has 6 nitrogen and oxygen atoms in total. The highest BCUT2D eigenvalue weighted by molar-refractivity contribution is 5.70. The van der Waals surface area contributed by atoms with Crippen molar-refractivity contribution in [2.24, 2.45) is 11.8 Å². The summed E-state index contributed by atoms with van der Waals surface area (Å²) < 4.78 is 10.9. The number of carbonyl (C=O) groups is 2. The third-order valence-electron chi connectivity index (χ3n) is 5.78. The minimum atomic E-state index is -0.545. The van der Waals surface area contributed by atoms with E-state index in [9.17, 15) is 9.59 Å². The minimum absolute atomic E-state index is 0.108. The number of alkyl carbamates (subject to hydrolysis) is 1. The van der Waals surface area contributed by atoms with E-state index in [0.29, 0.717) is 19.0 Å². The Bertz CT molecular complexity index is 682. The van der Waals surface area contributed by atoms with Crippen molar-refractivity contribution in [1.29, 1.82) is 0 Å². The van der Waals surface area contributed by atoms with Crippen molar-refractivity contribution in [2.75, 3.05) is 13.1 Å². The van der Waals surface area contributed by atoms with Crippen LogP contribution in [-0.4, -0.2) is 41.8 Å². The molecule has 2 amide bonds. The van der Waals surface area contributed by atoms with Gasteiger partial charge in [-0.05, 0) is 51.0 Å². The van der Waals surface area contributed by atoms with Crippen LogP contribution in [0, 0.1) is 11.8 Å². The molecule has 0 aromatic heterocycles. The van der Waals surface area contributed by atoms with Crippen LogP contribution < -0.4 is 5.32 Å². The number of likely N-dealkylation sites (tertiary alicyclic amines) is 1. The van der Waals surface area contributed by atoms with Crippen LogP contribution in [0.4, 0.5) is 9.59 Å². The number of nitrogens with one attached hydrogen (secondary N) is 1. The van der Waals surface area contributed by atoms with Gasteiger partial charge < -0.3 is 19.7 Å². The van der Waals surface area contributed by atoms with Gasteiger partial charge in [-0.2, -0.15) is 0 Å². The van der Waals surface area contributed by atoms with Gasteiger partial charge in [0, 0.05) is 13.1 Å². The summed E-state index contributed by atoms with van der Waals surface area (Å²) in [6.45, 7) is 6.94. The largest absolute Gasteiger partial charge is 0.445 e. The van der Waals surface area contributed by atoms with Crippen LogP contribution in [0.1, 0.15) is 58.4 Å². The Morgan fingerprint density at radius 3 is 2.48 bits per heavy atom. The standard InChI is InChI=1S/C23H34N2O4/c1-23(2,3)29-21(26)24-20-15-25(13-12-19(20)14-17-10-7-11-17)22(27)28-16-18-8-5-4-6-9-18/h4-6,8-9,17,19-20H,7,10-16H2,1-3H3,(H,24,26)/t19-,20+/m0/s1. The van der Waals surface area contributed by atoms with Crippen molar-refractivity contribution in [3.63, 3.8) is 0 Å². The fourth-order valence-electron chi connectivity index (χ4n) is 4.04. The molecule has 2 atom stereocenters. The first-order chi connectivity index (χ1) is 13.8. The molecule has 1 saturated heterocycles. The zero-order valence-corrected chi connectivity index (χ0v) is 17.9. The average molecular weight is 403 g/mol. The predicted molar refractivity (Wildman–Crippen MR) is 111 cm³/mol. The third-order valence-corrected chi connectivity index (χ3v) is 5.78. The number of piperidine rings is 1. The first kappa shape index (κ1) is 21.5. The number of benzene rings is 1. The van der Waals surface area contributed by atoms with Gasteiger partial charge in [0.05, 0.1) is 6.04 Å². The van der Waals surface area contributed by atoms with Crippen LogP contribution in [-0.2, 0) is 16.1 Å². The van der Waals surface area contributed by atoms with Crippen LogP contribution in [0.2, 0.25) is 0 Å². The Morgan fingerprint density at radius 1 is 1.14 bits per heavy atom. The van der Waals surface area contributed by atoms with Crippen molar-refractivity contribution in [3.8, 4) is 0 Å². The van der Waals surface area contributed by atoms with Crippen molar-refractivity contribution in [2.45, 2.75) is 71.1 Å². The van der Waals surface area contributed by atoms with E-state index in [1.807, 2.05) is 51.1 Å². The van der Waals surface area contributed by atoms with Crippen LogP contribution in [0.5, 0.6) is 0 Å². The molecule has 2 aliphatic rings. The average Bonchev–Trinajstić information content (AvgIpc) is 2.62. The molecule has 160 valence electrons. The van der Waals surface area contributed by atoms with E-state index in [0.717, 1.165) is 24.3 Å². The van der Waals surface area contributed by atoms with Crippen molar-refractivity contribution in [1.82, 2.24) is 10.2 Å². The monoisotopic (exact) mass is 402 g/mol. The third kappa shape index (κ3) is 6.65. The zero-order chi connectivity index (χ0) is 20.9. The summed E-state index contributed by atoms with van der Waals surface area (Å²) in [5.74, 6) is 1.12. The highest BCUT2D eigenvalue weighted by atomic mass is 16.6. The quantitative estimate of drug-likeness (QED) is 0.773. The van der Waals surface area contributed by atoms with Gasteiger partial charge >= 0.3 is 12.2 Å². The van der Waals surface area contributed by atoms with Gasteiger partial charge in [-0.15, -0.1) is 0 Å². The fourth-order valence-corrected chi connectivity index (χ4v) is 4.04. The lowest BCUT2D eigenvalue weighted by atomic mass is 9.75. The zero-order valence-electron chi connectivity index (χ0n) is 17.9. The molecule has 1 aromatic carbocycles. The predicted octanol–water partition coefficient (Wildman–Crippen LogP) is 4.73. The Balaban J connectivity index is 1.57. The normalized spacial score (nSPS) is 22.5. The Morgan fingerprint density at radius 2 is 1.86 bits per heavy atom. The summed E-state index contributed by atoms with van der Waals surface area (Å²) in [6.07, 6.45) is 5.09. The van der Waals surface area contributed by atoms with Gasteiger partial charge in [0.2, 0.25) is 0 Å². The first-order valence-corrected chi connectivity index (χ1v) is 10.8. The highest BCUT2D eigenvalue weighted by Gasteiger charge is 2.36. The summed E-state index contributed by atoms with van der Waals surface area (Å²) in [7, 11) is 0. The van der Waals surface area contributed by atoms with E-state index >= 15 is 0 Å². The van der Waals surface area contributed by atoms with E-state index < -0.39 is 11.7 Å². The summed E-state index contributed by atoms with van der Waals surface area (Å²) in [4.78, 5) is 26.7. The Kier molecular flexibility index (Phi) is 7.04. The lowest BCUT2D eigenvalue weighted by Crippen LogP contribution is -2.55. The summed E-state index contributed by atoms with van der Waals surface area (Å²) in [5, 5.41) is 3.03. The number of amides is 2. The van der Waals surface area contributed by atoms with E-state index in [1.54, 1.807) is 4.90 Å². The highest BCUT2D eigenvalue weighted by Crippen LogP contribution is 2.36. The minimum Gasteiger partial charge on any atom is -0.445 e. The number of ether oxygens (including phenoxy) is 2. The molecule has 0 radical (unpaired) electrons. The second-order valence-electron chi connectivity index (χ2n) is 9.32. The van der Waals surface area contributed by atoms with E-state index in [1.165, 1.54) is 19.3 Å². The number of carbonyl (C=O) groups excluding carboxylic acids is 2. The molecule has 0 unspecified atom stereocenters. The molecular formula is C23H34N2O4. The molecule has 3 rings (SSSR count). The maximum Gasteiger partial charge on any atom is 0.410 e. The van der Waals surface area contributed by atoms with E-state index in [2.05, 4.69) is 5.32 Å². The molecule has 1 saturated carbocycles. The van der Waals surface area contributed by atoms with Gasteiger partial charge in [-0.1, -0.05) is 49.6 Å². The molecule has 29 heavy (non-hydrogen) atoms. The summed E-state index contributed by atoms with van der Waals surface area (Å²) in [6, 6.07) is 9.55. The SMILES string of the molecule is CC(C)(C)OC(=O)N[C@@H]1CN(C(=O)OCc2ccccc2)CC[C@H]1CC1CCC1. The van der Waals surface area contributed by atoms with Crippen LogP contribution in [0.3, 0.4) is 0 Å². The maximum absolute atomic E-state index is 12.6. The van der Waals surface area contributed by atoms with E-state index in [-0.39, 0.29) is 18.7 Å². The maximum atomic E-state index is 12.6. The molecular weight excluding hydrogens is 368 g/mol. The molecule has 1 aromatic rings. The number of rotatable bonds is 5. The molecule has 1 aliphatic heterocycles. The Labute approximate surface area is 173 Å². The smallest absolute Gasteiger partial charge is 0.410 e. The van der Waals surface area contributed by atoms with Gasteiger partial charge in [-0.25, -0.2) is 9.59 Å². The van der Waals surface area contributed by atoms with Gasteiger partial charge in [0.1, 0.15) is 12.2 Å². The van der Waals surface area contributed by atoms with Crippen LogP contribution in [0.15, 0.2) is 30.3 Å². The van der Waals surface area contributed by atoms with E-state index in [4.69, 9.17) is 9.47 Å². The van der Waals surface area contributed by atoms with Crippen LogP contribution >= 0.6 is 0 Å².